The number of halogens is 2. The summed E-state index contributed by atoms with van der Waals surface area (Å²) in [5.41, 5.74) is 0.975. The molecular formula is C10H9F2N3O. The van der Waals surface area contributed by atoms with E-state index in [0.29, 0.717) is 17.8 Å². The number of hydrogen-bond acceptors (Lipinski definition) is 3. The summed E-state index contributed by atoms with van der Waals surface area (Å²) in [7, 11) is 0. The Morgan fingerprint density at radius 2 is 2.06 bits per heavy atom. The second-order valence-corrected chi connectivity index (χ2v) is 3.23. The Bertz CT molecular complexity index is 499. The predicted octanol–water partition coefficient (Wildman–Crippen LogP) is 1.08. The largest absolute Gasteiger partial charge is 0.396 e. The van der Waals surface area contributed by atoms with E-state index in [4.69, 9.17) is 5.11 Å². The van der Waals surface area contributed by atoms with Gasteiger partial charge in [-0.2, -0.15) is 0 Å². The highest BCUT2D eigenvalue weighted by molar-refractivity contribution is 5.31. The van der Waals surface area contributed by atoms with Crippen LogP contribution in [0.25, 0.3) is 5.69 Å². The summed E-state index contributed by atoms with van der Waals surface area (Å²) in [5, 5.41) is 16.2. The summed E-state index contributed by atoms with van der Waals surface area (Å²) in [6, 6.07) is 3.46. The summed E-state index contributed by atoms with van der Waals surface area (Å²) in [6.45, 7) is -0.0313. The zero-order chi connectivity index (χ0) is 11.5. The maximum absolute atomic E-state index is 12.9. The van der Waals surface area contributed by atoms with Gasteiger partial charge in [-0.3, -0.25) is 0 Å². The van der Waals surface area contributed by atoms with Gasteiger partial charge in [0.15, 0.2) is 11.6 Å². The second-order valence-electron chi connectivity index (χ2n) is 3.23. The third-order valence-corrected chi connectivity index (χ3v) is 2.08. The molecule has 1 aromatic carbocycles. The third-order valence-electron chi connectivity index (χ3n) is 2.08. The maximum Gasteiger partial charge on any atom is 0.160 e. The van der Waals surface area contributed by atoms with E-state index >= 15 is 0 Å². The van der Waals surface area contributed by atoms with Gasteiger partial charge in [-0.15, -0.1) is 5.10 Å². The highest BCUT2D eigenvalue weighted by atomic mass is 19.2. The molecule has 0 saturated carbocycles. The lowest BCUT2D eigenvalue weighted by Crippen LogP contribution is -1.96. The molecule has 0 aliphatic rings. The lowest BCUT2D eigenvalue weighted by Gasteiger charge is -1.99. The van der Waals surface area contributed by atoms with E-state index in [9.17, 15) is 8.78 Å². The minimum absolute atomic E-state index is 0.0313. The van der Waals surface area contributed by atoms with Crippen LogP contribution in [0.2, 0.25) is 0 Å². The van der Waals surface area contributed by atoms with Crippen molar-refractivity contribution in [3.8, 4) is 5.69 Å². The molecule has 0 aliphatic carbocycles. The van der Waals surface area contributed by atoms with Gasteiger partial charge in [-0.1, -0.05) is 5.21 Å². The standard InChI is InChI=1S/C10H9F2N3O/c11-9-2-1-8(5-10(9)12)15-6-7(3-4-16)13-14-15/h1-2,5-6,16H,3-4H2. The molecule has 0 atom stereocenters. The van der Waals surface area contributed by atoms with Gasteiger partial charge in [-0.05, 0) is 12.1 Å². The van der Waals surface area contributed by atoms with Gasteiger partial charge in [0.25, 0.3) is 0 Å². The monoisotopic (exact) mass is 225 g/mol. The fourth-order valence-corrected chi connectivity index (χ4v) is 1.28. The van der Waals surface area contributed by atoms with E-state index in [2.05, 4.69) is 10.3 Å². The van der Waals surface area contributed by atoms with Crippen LogP contribution in [-0.2, 0) is 6.42 Å². The number of aliphatic hydroxyl groups is 1. The Morgan fingerprint density at radius 3 is 2.75 bits per heavy atom. The van der Waals surface area contributed by atoms with Crippen molar-refractivity contribution in [2.75, 3.05) is 6.61 Å². The lowest BCUT2D eigenvalue weighted by atomic mass is 10.3. The van der Waals surface area contributed by atoms with Crippen molar-refractivity contribution in [2.45, 2.75) is 6.42 Å². The molecule has 0 spiro atoms. The van der Waals surface area contributed by atoms with E-state index in [1.165, 1.54) is 10.7 Å². The van der Waals surface area contributed by atoms with Crippen LogP contribution in [-0.4, -0.2) is 26.7 Å². The first-order valence-electron chi connectivity index (χ1n) is 4.68. The van der Waals surface area contributed by atoms with Crippen molar-refractivity contribution in [2.24, 2.45) is 0 Å². The second kappa shape index (κ2) is 4.36. The minimum atomic E-state index is -0.934. The molecular weight excluding hydrogens is 216 g/mol. The molecule has 0 radical (unpaired) electrons. The molecule has 0 amide bonds. The molecule has 0 bridgehead atoms. The Labute approximate surface area is 90.1 Å². The van der Waals surface area contributed by atoms with Gasteiger partial charge >= 0.3 is 0 Å². The van der Waals surface area contributed by atoms with Crippen LogP contribution in [0.4, 0.5) is 8.78 Å². The number of aromatic nitrogens is 3. The van der Waals surface area contributed by atoms with Crippen molar-refractivity contribution in [1.29, 1.82) is 0 Å². The van der Waals surface area contributed by atoms with Crippen molar-refractivity contribution >= 4 is 0 Å². The van der Waals surface area contributed by atoms with E-state index in [-0.39, 0.29) is 6.61 Å². The number of benzene rings is 1. The van der Waals surface area contributed by atoms with Crippen molar-refractivity contribution < 1.29 is 13.9 Å². The normalized spacial score (nSPS) is 10.7. The van der Waals surface area contributed by atoms with Gasteiger partial charge < -0.3 is 5.11 Å². The van der Waals surface area contributed by atoms with E-state index in [1.54, 1.807) is 6.20 Å². The van der Waals surface area contributed by atoms with Crippen LogP contribution in [0.3, 0.4) is 0 Å². The quantitative estimate of drug-likeness (QED) is 0.850. The molecule has 4 nitrogen and oxygen atoms in total. The average Bonchev–Trinajstić information content (AvgIpc) is 2.71. The van der Waals surface area contributed by atoms with Crippen LogP contribution < -0.4 is 0 Å². The van der Waals surface area contributed by atoms with Crippen molar-refractivity contribution in [1.82, 2.24) is 15.0 Å². The average molecular weight is 225 g/mol. The summed E-state index contributed by atoms with van der Waals surface area (Å²) in [5.74, 6) is -1.84. The van der Waals surface area contributed by atoms with Gasteiger partial charge in [0.1, 0.15) is 0 Å². The molecule has 2 rings (SSSR count). The maximum atomic E-state index is 12.9. The predicted molar refractivity (Wildman–Crippen MR) is 52.1 cm³/mol. The Hall–Kier alpha value is -1.82. The van der Waals surface area contributed by atoms with Crippen molar-refractivity contribution in [3.05, 3.63) is 41.7 Å². The van der Waals surface area contributed by atoms with E-state index in [0.717, 1.165) is 12.1 Å². The summed E-state index contributed by atoms with van der Waals surface area (Å²) >= 11 is 0. The number of rotatable bonds is 3. The van der Waals surface area contributed by atoms with Crippen LogP contribution in [0.15, 0.2) is 24.4 Å². The lowest BCUT2D eigenvalue weighted by molar-refractivity contribution is 0.298. The van der Waals surface area contributed by atoms with Crippen LogP contribution >= 0.6 is 0 Å². The minimum Gasteiger partial charge on any atom is -0.396 e. The highest BCUT2D eigenvalue weighted by Gasteiger charge is 2.06. The van der Waals surface area contributed by atoms with Gasteiger partial charge in [0.2, 0.25) is 0 Å². The Kier molecular flexibility index (Phi) is 2.91. The molecule has 2 aromatic rings. The Balaban J connectivity index is 2.31. The Morgan fingerprint density at radius 1 is 1.25 bits per heavy atom. The van der Waals surface area contributed by atoms with Gasteiger partial charge in [0.05, 0.1) is 17.6 Å². The SMILES string of the molecule is OCCc1cn(-c2ccc(F)c(F)c2)nn1. The molecule has 84 valence electrons. The number of nitrogens with zero attached hydrogens (tertiary/aromatic N) is 3. The van der Waals surface area contributed by atoms with Crippen LogP contribution in [0.1, 0.15) is 5.69 Å². The highest BCUT2D eigenvalue weighted by Crippen LogP contribution is 2.12. The summed E-state index contributed by atoms with van der Waals surface area (Å²) in [6.07, 6.45) is 1.94. The molecule has 0 unspecified atom stereocenters. The molecule has 0 saturated heterocycles. The zero-order valence-electron chi connectivity index (χ0n) is 8.27. The summed E-state index contributed by atoms with van der Waals surface area (Å²) < 4.78 is 27.0. The molecule has 1 N–H and O–H groups in total. The molecule has 16 heavy (non-hydrogen) atoms. The van der Waals surface area contributed by atoms with E-state index in [1.807, 2.05) is 0 Å². The summed E-state index contributed by atoms with van der Waals surface area (Å²) in [4.78, 5) is 0. The first-order valence-corrected chi connectivity index (χ1v) is 4.68. The number of aliphatic hydroxyl groups excluding tert-OH is 1. The van der Waals surface area contributed by atoms with E-state index < -0.39 is 11.6 Å². The molecule has 0 aliphatic heterocycles. The smallest absolute Gasteiger partial charge is 0.160 e. The molecule has 1 aromatic heterocycles. The van der Waals surface area contributed by atoms with Crippen LogP contribution in [0.5, 0.6) is 0 Å². The third kappa shape index (κ3) is 2.06. The molecule has 6 heteroatoms. The number of hydrogen-bond donors (Lipinski definition) is 1. The molecule has 0 fully saturated rings. The first-order chi connectivity index (χ1) is 7.70. The van der Waals surface area contributed by atoms with Gasteiger partial charge in [-0.25, -0.2) is 13.5 Å². The van der Waals surface area contributed by atoms with Crippen LogP contribution in [0, 0.1) is 11.6 Å². The fraction of sp³-hybridized carbons (Fsp3) is 0.200. The van der Waals surface area contributed by atoms with Gasteiger partial charge in [0, 0.05) is 19.1 Å². The zero-order valence-corrected chi connectivity index (χ0v) is 8.27. The topological polar surface area (TPSA) is 50.9 Å². The fourth-order valence-electron chi connectivity index (χ4n) is 1.28. The first kappa shape index (κ1) is 10.7. The molecule has 1 heterocycles. The van der Waals surface area contributed by atoms with Crippen molar-refractivity contribution in [3.63, 3.8) is 0 Å².